The number of methoxy groups -OCH3 is 1. The second kappa shape index (κ2) is 8.56. The molecule has 1 aliphatic rings. The fourth-order valence-electron chi connectivity index (χ4n) is 2.87. The minimum absolute atomic E-state index is 0.241. The van der Waals surface area contributed by atoms with E-state index in [1.54, 1.807) is 13.2 Å². The minimum atomic E-state index is 0.241. The van der Waals surface area contributed by atoms with E-state index in [4.69, 9.17) is 32.7 Å². The molecule has 0 spiro atoms. The Bertz CT molecular complexity index is 700. The van der Waals surface area contributed by atoms with Crippen molar-refractivity contribution in [1.29, 1.82) is 0 Å². The highest BCUT2D eigenvalue weighted by molar-refractivity contribution is 6.33. The van der Waals surface area contributed by atoms with Crippen LogP contribution in [0, 0.1) is 0 Å². The van der Waals surface area contributed by atoms with Crippen LogP contribution in [0.1, 0.15) is 6.42 Å². The number of rotatable bonds is 6. The van der Waals surface area contributed by atoms with Crippen LogP contribution in [0.3, 0.4) is 0 Å². The van der Waals surface area contributed by atoms with Crippen LogP contribution >= 0.6 is 23.2 Å². The molecule has 1 aromatic heterocycles. The van der Waals surface area contributed by atoms with Gasteiger partial charge in [-0.05, 0) is 24.3 Å². The van der Waals surface area contributed by atoms with E-state index in [0.29, 0.717) is 16.9 Å². The Morgan fingerprint density at radius 2 is 1.96 bits per heavy atom. The van der Waals surface area contributed by atoms with Gasteiger partial charge in [-0.2, -0.15) is 0 Å². The summed E-state index contributed by atoms with van der Waals surface area (Å²) in [5.41, 5.74) is 0.817. The van der Waals surface area contributed by atoms with Crippen molar-refractivity contribution in [2.24, 2.45) is 0 Å². The third-order valence-electron chi connectivity index (χ3n) is 4.14. The molecule has 0 radical (unpaired) electrons. The van der Waals surface area contributed by atoms with Crippen molar-refractivity contribution in [3.05, 3.63) is 40.6 Å². The predicted octanol–water partition coefficient (Wildman–Crippen LogP) is 3.04. The molecule has 1 N–H and O–H groups in total. The van der Waals surface area contributed by atoms with Crippen LogP contribution in [-0.2, 0) is 0 Å². The Kier molecular flexibility index (Phi) is 6.18. The molecule has 25 heavy (non-hydrogen) atoms. The smallest absolute Gasteiger partial charge is 0.175 e. The molecular weight excluding hydrogens is 363 g/mol. The van der Waals surface area contributed by atoms with Crippen molar-refractivity contribution in [2.75, 3.05) is 38.3 Å². The van der Waals surface area contributed by atoms with Crippen molar-refractivity contribution < 1.29 is 9.47 Å². The van der Waals surface area contributed by atoms with Gasteiger partial charge in [-0.15, -0.1) is 10.2 Å². The molecule has 1 aromatic carbocycles. The molecule has 8 heteroatoms. The number of hydrogen-bond donors (Lipinski definition) is 1. The molecular formula is C17H20Cl2N4O2. The molecule has 1 fully saturated rings. The van der Waals surface area contributed by atoms with Crippen molar-refractivity contribution in [3.63, 3.8) is 0 Å². The van der Waals surface area contributed by atoms with E-state index in [1.807, 2.05) is 24.3 Å². The molecule has 1 atom stereocenters. The van der Waals surface area contributed by atoms with Gasteiger partial charge in [-0.25, -0.2) is 0 Å². The third-order valence-corrected chi connectivity index (χ3v) is 4.59. The second-order valence-corrected chi connectivity index (χ2v) is 6.45. The molecule has 1 aliphatic heterocycles. The summed E-state index contributed by atoms with van der Waals surface area (Å²) < 4.78 is 11.0. The van der Waals surface area contributed by atoms with Gasteiger partial charge in [-0.1, -0.05) is 23.2 Å². The van der Waals surface area contributed by atoms with Gasteiger partial charge >= 0.3 is 0 Å². The molecule has 1 saturated heterocycles. The van der Waals surface area contributed by atoms with Crippen LogP contribution in [-0.4, -0.2) is 49.6 Å². The van der Waals surface area contributed by atoms with Crippen molar-refractivity contribution >= 4 is 28.9 Å². The molecule has 0 saturated carbocycles. The van der Waals surface area contributed by atoms with Crippen LogP contribution in [0.4, 0.5) is 5.69 Å². The number of nitrogens with one attached hydrogen (secondary N) is 1. The van der Waals surface area contributed by atoms with Gasteiger partial charge in [0.25, 0.3) is 0 Å². The molecule has 0 amide bonds. The lowest BCUT2D eigenvalue weighted by molar-refractivity contribution is 0.285. The highest BCUT2D eigenvalue weighted by Crippen LogP contribution is 2.28. The number of hydrogen-bond acceptors (Lipinski definition) is 6. The van der Waals surface area contributed by atoms with E-state index >= 15 is 0 Å². The van der Waals surface area contributed by atoms with E-state index in [1.165, 1.54) is 0 Å². The fraction of sp³-hybridized carbons (Fsp3) is 0.412. The summed E-state index contributed by atoms with van der Waals surface area (Å²) >= 11 is 12.2. The first-order chi connectivity index (χ1) is 12.2. The highest BCUT2D eigenvalue weighted by Gasteiger charge is 2.25. The van der Waals surface area contributed by atoms with Crippen LogP contribution < -0.4 is 19.7 Å². The van der Waals surface area contributed by atoms with Gasteiger partial charge in [-0.3, -0.25) is 0 Å². The van der Waals surface area contributed by atoms with Gasteiger partial charge in [0.1, 0.15) is 11.5 Å². The molecule has 2 aromatic rings. The largest absolute Gasteiger partial charge is 0.497 e. The quantitative estimate of drug-likeness (QED) is 0.828. The van der Waals surface area contributed by atoms with E-state index < -0.39 is 0 Å². The summed E-state index contributed by atoms with van der Waals surface area (Å²) in [6.45, 7) is 3.16. The Labute approximate surface area is 157 Å². The van der Waals surface area contributed by atoms with E-state index in [9.17, 15) is 0 Å². The maximum Gasteiger partial charge on any atom is 0.175 e. The molecule has 134 valence electrons. The van der Waals surface area contributed by atoms with Crippen molar-refractivity contribution in [2.45, 2.75) is 12.5 Å². The summed E-state index contributed by atoms with van der Waals surface area (Å²) in [5, 5.41) is 11.8. The van der Waals surface area contributed by atoms with Crippen LogP contribution in [0.2, 0.25) is 10.3 Å². The maximum absolute atomic E-state index is 6.22. The highest BCUT2D eigenvalue weighted by atomic mass is 35.5. The normalized spacial score (nSPS) is 17.4. The summed E-state index contributed by atoms with van der Waals surface area (Å²) in [5.74, 6) is 1.63. The van der Waals surface area contributed by atoms with E-state index in [2.05, 4.69) is 20.4 Å². The Morgan fingerprint density at radius 3 is 2.72 bits per heavy atom. The number of aromatic nitrogens is 2. The zero-order valence-electron chi connectivity index (χ0n) is 13.9. The molecule has 1 unspecified atom stereocenters. The summed E-state index contributed by atoms with van der Waals surface area (Å²) in [4.78, 5) is 2.22. The van der Waals surface area contributed by atoms with E-state index in [0.717, 1.165) is 43.2 Å². The number of halogens is 2. The fourth-order valence-corrected chi connectivity index (χ4v) is 3.21. The van der Waals surface area contributed by atoms with Crippen LogP contribution in [0.25, 0.3) is 0 Å². The van der Waals surface area contributed by atoms with Gasteiger partial charge in [0, 0.05) is 38.2 Å². The van der Waals surface area contributed by atoms with Gasteiger partial charge in [0.05, 0.1) is 19.4 Å². The lowest BCUT2D eigenvalue weighted by Crippen LogP contribution is -2.52. The van der Waals surface area contributed by atoms with Gasteiger partial charge in [0.2, 0.25) is 0 Å². The number of ether oxygens (including phenoxy) is 2. The molecule has 6 nitrogen and oxygen atoms in total. The average molecular weight is 383 g/mol. The van der Waals surface area contributed by atoms with Crippen molar-refractivity contribution in [1.82, 2.24) is 15.5 Å². The minimum Gasteiger partial charge on any atom is -0.497 e. The summed E-state index contributed by atoms with van der Waals surface area (Å²) in [6.07, 6.45) is 0.843. The zero-order valence-corrected chi connectivity index (χ0v) is 15.4. The Hall–Kier alpha value is -1.76. The molecule has 2 heterocycles. The lowest BCUT2D eigenvalue weighted by Gasteiger charge is -2.38. The zero-order chi connectivity index (χ0) is 17.6. The molecule has 0 aliphatic carbocycles. The summed E-state index contributed by atoms with van der Waals surface area (Å²) in [6, 6.07) is 9.57. The predicted molar refractivity (Wildman–Crippen MR) is 99.2 cm³/mol. The average Bonchev–Trinajstić information content (AvgIpc) is 2.65. The number of nitrogens with zero attached hydrogens (tertiary/aromatic N) is 3. The van der Waals surface area contributed by atoms with Crippen LogP contribution in [0.15, 0.2) is 30.3 Å². The lowest BCUT2D eigenvalue weighted by atomic mass is 10.1. The van der Waals surface area contributed by atoms with Gasteiger partial charge < -0.3 is 19.7 Å². The van der Waals surface area contributed by atoms with Crippen molar-refractivity contribution in [3.8, 4) is 11.5 Å². The second-order valence-electron chi connectivity index (χ2n) is 5.71. The SMILES string of the molecule is COc1ccc(OCCC2CNCCN2c2cc(Cl)nnc2Cl)cc1. The molecule has 0 bridgehead atoms. The monoisotopic (exact) mass is 382 g/mol. The first-order valence-corrected chi connectivity index (χ1v) is 8.86. The standard InChI is InChI=1S/C17H20Cl2N4O2/c1-24-13-2-4-14(5-3-13)25-9-6-12-11-20-7-8-23(12)15-10-16(18)21-22-17(15)19/h2-5,10,12,20H,6-9,11H2,1H3. The maximum atomic E-state index is 6.22. The first-order valence-electron chi connectivity index (χ1n) is 8.10. The third kappa shape index (κ3) is 4.66. The molecule has 3 rings (SSSR count). The van der Waals surface area contributed by atoms with Gasteiger partial charge in [0.15, 0.2) is 10.3 Å². The number of benzene rings is 1. The Balaban J connectivity index is 1.62. The number of piperazine rings is 1. The topological polar surface area (TPSA) is 59.5 Å². The van der Waals surface area contributed by atoms with E-state index in [-0.39, 0.29) is 6.04 Å². The van der Waals surface area contributed by atoms with Crippen LogP contribution in [0.5, 0.6) is 11.5 Å². The number of anilines is 1. The Morgan fingerprint density at radius 1 is 1.20 bits per heavy atom. The first kappa shape index (κ1) is 18.0. The summed E-state index contributed by atoms with van der Waals surface area (Å²) in [7, 11) is 1.64.